The maximum Gasteiger partial charge on any atom is 0.110 e. The Labute approximate surface area is 117 Å². The lowest BCUT2D eigenvalue weighted by atomic mass is 10.1. The highest BCUT2D eigenvalue weighted by molar-refractivity contribution is 7.21. The van der Waals surface area contributed by atoms with Crippen LogP contribution in [0.3, 0.4) is 0 Å². The Morgan fingerprint density at radius 1 is 1.17 bits per heavy atom. The third-order valence-electron chi connectivity index (χ3n) is 2.99. The van der Waals surface area contributed by atoms with E-state index in [4.69, 9.17) is 5.26 Å². The summed E-state index contributed by atoms with van der Waals surface area (Å²) >= 11 is 3.39. The molecule has 0 radical (unpaired) electrons. The topological polar surface area (TPSA) is 23.8 Å². The Morgan fingerprint density at radius 2 is 2.06 bits per heavy atom. The fourth-order valence-corrected chi connectivity index (χ4v) is 3.93. The van der Waals surface area contributed by atoms with E-state index in [0.29, 0.717) is 0 Å². The van der Waals surface area contributed by atoms with Crippen LogP contribution in [0.1, 0.15) is 43.0 Å². The molecule has 0 fully saturated rings. The fourth-order valence-electron chi connectivity index (χ4n) is 2.01. The molecule has 18 heavy (non-hydrogen) atoms. The van der Waals surface area contributed by atoms with Crippen LogP contribution in [-0.2, 0) is 6.42 Å². The summed E-state index contributed by atoms with van der Waals surface area (Å²) in [7, 11) is 0. The Hall–Kier alpha value is -1.11. The summed E-state index contributed by atoms with van der Waals surface area (Å²) in [5.74, 6) is 0. The highest BCUT2D eigenvalue weighted by atomic mass is 32.1. The van der Waals surface area contributed by atoms with E-state index in [1.54, 1.807) is 22.7 Å². The molecule has 0 aliphatic rings. The average molecular weight is 275 g/mol. The minimum Gasteiger partial charge on any atom is -0.192 e. The Morgan fingerprint density at radius 3 is 2.78 bits per heavy atom. The van der Waals surface area contributed by atoms with Gasteiger partial charge in [-0.15, -0.1) is 22.7 Å². The van der Waals surface area contributed by atoms with Gasteiger partial charge in [0.05, 0.1) is 0 Å². The summed E-state index contributed by atoms with van der Waals surface area (Å²) in [6.45, 7) is 2.24. The summed E-state index contributed by atoms with van der Waals surface area (Å²) in [6.07, 6.45) is 6.37. The van der Waals surface area contributed by atoms with Gasteiger partial charge >= 0.3 is 0 Å². The quantitative estimate of drug-likeness (QED) is 0.641. The van der Waals surface area contributed by atoms with Crippen LogP contribution in [-0.4, -0.2) is 0 Å². The van der Waals surface area contributed by atoms with Gasteiger partial charge in [-0.3, -0.25) is 0 Å². The lowest BCUT2D eigenvalue weighted by Gasteiger charge is -2.01. The maximum absolute atomic E-state index is 8.88. The molecule has 0 saturated carbocycles. The lowest BCUT2D eigenvalue weighted by molar-refractivity contribution is 0.668. The number of nitriles is 1. The molecule has 0 amide bonds. The summed E-state index contributed by atoms with van der Waals surface area (Å²) in [5, 5.41) is 11.0. The molecular formula is C15H17NS2. The zero-order valence-electron chi connectivity index (χ0n) is 10.6. The van der Waals surface area contributed by atoms with Crippen LogP contribution < -0.4 is 0 Å². The van der Waals surface area contributed by atoms with Crippen molar-refractivity contribution in [2.75, 3.05) is 0 Å². The first kappa shape index (κ1) is 13.3. The van der Waals surface area contributed by atoms with E-state index >= 15 is 0 Å². The zero-order valence-corrected chi connectivity index (χ0v) is 12.2. The molecule has 0 atom stereocenters. The number of thiophene rings is 2. The first-order valence-electron chi connectivity index (χ1n) is 6.42. The van der Waals surface area contributed by atoms with Gasteiger partial charge < -0.3 is 0 Å². The molecule has 0 spiro atoms. The molecule has 3 heteroatoms. The van der Waals surface area contributed by atoms with Crippen molar-refractivity contribution in [2.24, 2.45) is 0 Å². The van der Waals surface area contributed by atoms with Crippen LogP contribution in [0.25, 0.3) is 9.75 Å². The summed E-state index contributed by atoms with van der Waals surface area (Å²) in [4.78, 5) is 3.40. The number of aryl methyl sites for hydroxylation is 1. The number of hydrogen-bond donors (Lipinski definition) is 0. The Balaban J connectivity index is 2.05. The predicted molar refractivity (Wildman–Crippen MR) is 80.2 cm³/mol. The molecule has 0 bridgehead atoms. The van der Waals surface area contributed by atoms with Gasteiger partial charge in [-0.1, -0.05) is 26.2 Å². The van der Waals surface area contributed by atoms with Crippen molar-refractivity contribution < 1.29 is 0 Å². The van der Waals surface area contributed by atoms with Crippen molar-refractivity contribution >= 4 is 22.7 Å². The zero-order chi connectivity index (χ0) is 12.8. The number of nitrogens with zero attached hydrogens (tertiary/aromatic N) is 1. The third kappa shape index (κ3) is 3.22. The van der Waals surface area contributed by atoms with Crippen molar-refractivity contribution in [3.05, 3.63) is 34.0 Å². The van der Waals surface area contributed by atoms with Crippen LogP contribution in [0.5, 0.6) is 0 Å². The van der Waals surface area contributed by atoms with Crippen LogP contribution in [0.2, 0.25) is 0 Å². The monoisotopic (exact) mass is 275 g/mol. The van der Waals surface area contributed by atoms with E-state index in [-0.39, 0.29) is 0 Å². The summed E-state index contributed by atoms with van der Waals surface area (Å²) in [6, 6.07) is 8.44. The second kappa shape index (κ2) is 6.72. The molecule has 0 unspecified atom stereocenters. The molecule has 0 aliphatic heterocycles. The fraction of sp³-hybridized carbons (Fsp3) is 0.400. The molecule has 2 rings (SSSR count). The van der Waals surface area contributed by atoms with Gasteiger partial charge in [-0.2, -0.15) is 5.26 Å². The molecule has 2 aromatic rings. The van der Waals surface area contributed by atoms with E-state index in [9.17, 15) is 0 Å². The first-order valence-corrected chi connectivity index (χ1v) is 8.11. The van der Waals surface area contributed by atoms with Gasteiger partial charge in [0.25, 0.3) is 0 Å². The van der Waals surface area contributed by atoms with E-state index in [2.05, 4.69) is 30.5 Å². The molecule has 2 aromatic heterocycles. The molecule has 0 N–H and O–H groups in total. The highest BCUT2D eigenvalue weighted by Crippen LogP contribution is 2.35. The normalized spacial score (nSPS) is 10.4. The van der Waals surface area contributed by atoms with Gasteiger partial charge in [-0.25, -0.2) is 0 Å². The van der Waals surface area contributed by atoms with E-state index in [1.165, 1.54) is 47.4 Å². The molecule has 0 aliphatic carbocycles. The Bertz CT molecular complexity index is 531. The highest BCUT2D eigenvalue weighted by Gasteiger charge is 2.09. The minimum atomic E-state index is 0.801. The first-order chi connectivity index (χ1) is 8.85. The molecule has 0 aromatic carbocycles. The van der Waals surface area contributed by atoms with Gasteiger partial charge in [0.1, 0.15) is 10.9 Å². The third-order valence-corrected chi connectivity index (χ3v) is 5.11. The number of hydrogen-bond acceptors (Lipinski definition) is 3. The number of unbranched alkanes of at least 4 members (excludes halogenated alkanes) is 3. The van der Waals surface area contributed by atoms with Gasteiger partial charge in [0.2, 0.25) is 0 Å². The van der Waals surface area contributed by atoms with Crippen LogP contribution in [0, 0.1) is 11.3 Å². The largest absolute Gasteiger partial charge is 0.192 e. The summed E-state index contributed by atoms with van der Waals surface area (Å²) < 4.78 is 0. The maximum atomic E-state index is 8.88. The molecule has 94 valence electrons. The van der Waals surface area contributed by atoms with Gasteiger partial charge in [0, 0.05) is 9.75 Å². The van der Waals surface area contributed by atoms with Gasteiger partial charge in [-0.05, 0) is 42.0 Å². The average Bonchev–Trinajstić information content (AvgIpc) is 3.02. The van der Waals surface area contributed by atoms with Crippen LogP contribution in [0.15, 0.2) is 23.6 Å². The SMILES string of the molecule is CCCCCCc1ccsc1-c1ccc(C#N)s1. The van der Waals surface area contributed by atoms with Crippen LogP contribution >= 0.6 is 22.7 Å². The summed E-state index contributed by atoms with van der Waals surface area (Å²) in [5.41, 5.74) is 1.45. The molecular weight excluding hydrogens is 258 g/mol. The molecule has 2 heterocycles. The minimum absolute atomic E-state index is 0.801. The second-order valence-electron chi connectivity index (χ2n) is 4.36. The van der Waals surface area contributed by atoms with E-state index in [0.717, 1.165) is 4.88 Å². The number of rotatable bonds is 6. The second-order valence-corrected chi connectivity index (χ2v) is 6.36. The Kier molecular flexibility index (Phi) is 4.98. The van der Waals surface area contributed by atoms with E-state index < -0.39 is 0 Å². The van der Waals surface area contributed by atoms with Gasteiger partial charge in [0.15, 0.2) is 0 Å². The van der Waals surface area contributed by atoms with Crippen molar-refractivity contribution in [3.63, 3.8) is 0 Å². The standard InChI is InChI=1S/C15H17NS2/c1-2-3-4-5-6-12-9-10-17-15(12)14-8-7-13(11-16)18-14/h7-10H,2-6H2,1H3. The molecule has 1 nitrogen and oxygen atoms in total. The molecule has 0 saturated heterocycles. The predicted octanol–water partition coefficient (Wildman–Crippen LogP) is 5.47. The van der Waals surface area contributed by atoms with Crippen molar-refractivity contribution in [1.82, 2.24) is 0 Å². The van der Waals surface area contributed by atoms with E-state index in [1.807, 2.05) is 6.07 Å². The van der Waals surface area contributed by atoms with Crippen molar-refractivity contribution in [3.8, 4) is 15.8 Å². The van der Waals surface area contributed by atoms with Crippen molar-refractivity contribution in [2.45, 2.75) is 39.0 Å². The van der Waals surface area contributed by atoms with Crippen molar-refractivity contribution in [1.29, 1.82) is 5.26 Å². The smallest absolute Gasteiger partial charge is 0.110 e. The lowest BCUT2D eigenvalue weighted by Crippen LogP contribution is -1.85. The van der Waals surface area contributed by atoms with Crippen LogP contribution in [0.4, 0.5) is 0 Å².